The predicted octanol–water partition coefficient (Wildman–Crippen LogP) is 2.67. The topological polar surface area (TPSA) is 59.1 Å². The van der Waals surface area contributed by atoms with Crippen LogP contribution in [0.3, 0.4) is 0 Å². The number of ether oxygens (including phenoxy) is 1. The highest BCUT2D eigenvalue weighted by molar-refractivity contribution is 6.30. The summed E-state index contributed by atoms with van der Waals surface area (Å²) in [4.78, 5) is 7.94. The first-order valence-electron chi connectivity index (χ1n) is 6.59. The van der Waals surface area contributed by atoms with Crippen LogP contribution >= 0.6 is 11.6 Å². The van der Waals surface area contributed by atoms with Crippen LogP contribution in [0, 0.1) is 5.82 Å². The van der Waals surface area contributed by atoms with Gasteiger partial charge in [0, 0.05) is 13.1 Å². The summed E-state index contributed by atoms with van der Waals surface area (Å²) < 4.78 is 19.8. The van der Waals surface area contributed by atoms with E-state index in [1.165, 1.54) is 18.5 Å². The number of hydrogen-bond donors (Lipinski definition) is 2. The first kappa shape index (κ1) is 14.2. The molecule has 7 heteroatoms. The molecule has 110 valence electrons. The molecule has 0 spiro atoms. The molecule has 0 amide bonds. The molecule has 0 bridgehead atoms. The van der Waals surface area contributed by atoms with Gasteiger partial charge >= 0.3 is 0 Å². The molecule has 1 fully saturated rings. The lowest BCUT2D eigenvalue weighted by Gasteiger charge is -2.24. The first-order valence-corrected chi connectivity index (χ1v) is 6.96. The van der Waals surface area contributed by atoms with E-state index < -0.39 is 0 Å². The minimum Gasteiger partial charge on any atom is -0.371 e. The molecule has 0 aliphatic carbocycles. The van der Waals surface area contributed by atoms with E-state index in [1.807, 2.05) is 6.07 Å². The Bertz CT molecular complexity index is 617. The van der Waals surface area contributed by atoms with E-state index in [0.29, 0.717) is 29.8 Å². The third kappa shape index (κ3) is 3.47. The Morgan fingerprint density at radius 2 is 2.14 bits per heavy atom. The van der Waals surface area contributed by atoms with Gasteiger partial charge in [-0.05, 0) is 17.7 Å². The Morgan fingerprint density at radius 3 is 2.81 bits per heavy atom. The van der Waals surface area contributed by atoms with Gasteiger partial charge in [0.05, 0.1) is 35.8 Å². The molecule has 1 aromatic carbocycles. The SMILES string of the molecule is Fc1cc([C@@H]2CNCCO2)ccc1Nc1ncc(Cl)cn1. The van der Waals surface area contributed by atoms with Crippen molar-refractivity contribution in [2.75, 3.05) is 25.0 Å². The van der Waals surface area contributed by atoms with Crippen molar-refractivity contribution in [3.05, 3.63) is 47.0 Å². The van der Waals surface area contributed by atoms with Gasteiger partial charge in [0.1, 0.15) is 5.82 Å². The standard InChI is InChI=1S/C14H14ClFN4O/c15-10-6-18-14(19-7-10)20-12-2-1-9(5-11(12)16)13-8-17-3-4-21-13/h1-2,5-7,13,17H,3-4,8H2,(H,18,19,20)/t13-/m0/s1. The molecule has 1 aromatic heterocycles. The summed E-state index contributed by atoms with van der Waals surface area (Å²) >= 11 is 5.71. The van der Waals surface area contributed by atoms with E-state index >= 15 is 0 Å². The summed E-state index contributed by atoms with van der Waals surface area (Å²) in [6.07, 6.45) is 2.78. The number of aromatic nitrogens is 2. The molecule has 2 N–H and O–H groups in total. The first-order chi connectivity index (χ1) is 10.2. The van der Waals surface area contributed by atoms with Crippen LogP contribution in [0.4, 0.5) is 16.0 Å². The summed E-state index contributed by atoms with van der Waals surface area (Å²) in [7, 11) is 0. The van der Waals surface area contributed by atoms with Crippen LogP contribution in [-0.2, 0) is 4.74 Å². The Kier molecular flexibility index (Phi) is 4.28. The van der Waals surface area contributed by atoms with Crippen molar-refractivity contribution in [3.63, 3.8) is 0 Å². The van der Waals surface area contributed by atoms with Gasteiger partial charge in [-0.1, -0.05) is 17.7 Å². The van der Waals surface area contributed by atoms with Crippen molar-refractivity contribution >= 4 is 23.2 Å². The molecule has 21 heavy (non-hydrogen) atoms. The van der Waals surface area contributed by atoms with Crippen molar-refractivity contribution in [1.29, 1.82) is 0 Å². The molecule has 2 heterocycles. The molecular formula is C14H14ClFN4O. The van der Waals surface area contributed by atoms with Crippen LogP contribution in [0.15, 0.2) is 30.6 Å². The zero-order valence-electron chi connectivity index (χ0n) is 11.1. The molecule has 1 saturated heterocycles. The highest BCUT2D eigenvalue weighted by atomic mass is 35.5. The minimum absolute atomic E-state index is 0.117. The van der Waals surface area contributed by atoms with Gasteiger partial charge < -0.3 is 15.4 Å². The maximum Gasteiger partial charge on any atom is 0.227 e. The minimum atomic E-state index is -0.375. The van der Waals surface area contributed by atoms with Crippen LogP contribution in [0.5, 0.6) is 0 Å². The average Bonchev–Trinajstić information content (AvgIpc) is 2.52. The summed E-state index contributed by atoms with van der Waals surface area (Å²) in [6, 6.07) is 4.95. The molecule has 0 unspecified atom stereocenters. The fourth-order valence-corrected chi connectivity index (χ4v) is 2.21. The largest absolute Gasteiger partial charge is 0.371 e. The quantitative estimate of drug-likeness (QED) is 0.913. The van der Waals surface area contributed by atoms with E-state index in [0.717, 1.165) is 12.1 Å². The smallest absolute Gasteiger partial charge is 0.227 e. The molecule has 1 aliphatic rings. The van der Waals surface area contributed by atoms with Gasteiger partial charge in [-0.3, -0.25) is 0 Å². The number of anilines is 2. The lowest BCUT2D eigenvalue weighted by Crippen LogP contribution is -2.33. The van der Waals surface area contributed by atoms with Crippen molar-refractivity contribution in [2.24, 2.45) is 0 Å². The Morgan fingerprint density at radius 1 is 1.33 bits per heavy atom. The number of rotatable bonds is 3. The van der Waals surface area contributed by atoms with Crippen molar-refractivity contribution in [1.82, 2.24) is 15.3 Å². The second-order valence-electron chi connectivity index (χ2n) is 4.65. The zero-order chi connectivity index (χ0) is 14.7. The number of nitrogens with one attached hydrogen (secondary N) is 2. The monoisotopic (exact) mass is 308 g/mol. The van der Waals surface area contributed by atoms with Crippen LogP contribution in [0.2, 0.25) is 5.02 Å². The average molecular weight is 309 g/mol. The second-order valence-corrected chi connectivity index (χ2v) is 5.09. The summed E-state index contributed by atoms with van der Waals surface area (Å²) in [5.41, 5.74) is 1.12. The lowest BCUT2D eigenvalue weighted by molar-refractivity contribution is 0.0275. The highest BCUT2D eigenvalue weighted by Gasteiger charge is 2.17. The predicted molar refractivity (Wildman–Crippen MR) is 78.3 cm³/mol. The Hall–Kier alpha value is -1.76. The maximum atomic E-state index is 14.1. The highest BCUT2D eigenvalue weighted by Crippen LogP contribution is 2.25. The molecule has 1 aliphatic heterocycles. The van der Waals surface area contributed by atoms with Crippen molar-refractivity contribution in [2.45, 2.75) is 6.10 Å². The number of morpholine rings is 1. The van der Waals surface area contributed by atoms with Crippen molar-refractivity contribution < 1.29 is 9.13 Å². The van der Waals surface area contributed by atoms with Crippen molar-refractivity contribution in [3.8, 4) is 0 Å². The molecule has 1 atom stereocenters. The second kappa shape index (κ2) is 6.34. The van der Waals surface area contributed by atoms with E-state index in [4.69, 9.17) is 16.3 Å². The number of nitrogens with zero attached hydrogens (tertiary/aromatic N) is 2. The zero-order valence-corrected chi connectivity index (χ0v) is 11.9. The summed E-state index contributed by atoms with van der Waals surface area (Å²) in [5.74, 6) is -0.0816. The third-order valence-corrected chi connectivity index (χ3v) is 3.35. The van der Waals surface area contributed by atoms with Crippen LogP contribution in [0.25, 0.3) is 0 Å². The number of benzene rings is 1. The number of hydrogen-bond acceptors (Lipinski definition) is 5. The molecular weight excluding hydrogens is 295 g/mol. The maximum absolute atomic E-state index is 14.1. The summed E-state index contributed by atoms with van der Waals surface area (Å²) in [5, 5.41) is 6.46. The van der Waals surface area contributed by atoms with E-state index in [1.54, 1.807) is 6.07 Å². The van der Waals surface area contributed by atoms with Gasteiger partial charge in [-0.2, -0.15) is 0 Å². The van der Waals surface area contributed by atoms with Crippen LogP contribution in [-0.4, -0.2) is 29.7 Å². The Labute approximate surface area is 126 Å². The molecule has 0 saturated carbocycles. The van der Waals surface area contributed by atoms with Gasteiger partial charge in [0.25, 0.3) is 0 Å². The number of halogens is 2. The van der Waals surface area contributed by atoms with Crippen LogP contribution < -0.4 is 10.6 Å². The van der Waals surface area contributed by atoms with Crippen LogP contribution in [0.1, 0.15) is 11.7 Å². The Balaban J connectivity index is 1.76. The van der Waals surface area contributed by atoms with Gasteiger partial charge in [-0.25, -0.2) is 14.4 Å². The van der Waals surface area contributed by atoms with E-state index in [-0.39, 0.29) is 11.9 Å². The lowest BCUT2D eigenvalue weighted by atomic mass is 10.1. The fourth-order valence-electron chi connectivity index (χ4n) is 2.11. The normalized spacial score (nSPS) is 18.5. The van der Waals surface area contributed by atoms with Gasteiger partial charge in [-0.15, -0.1) is 0 Å². The molecule has 0 radical (unpaired) electrons. The van der Waals surface area contributed by atoms with Gasteiger partial charge in [0.15, 0.2) is 0 Å². The van der Waals surface area contributed by atoms with E-state index in [2.05, 4.69) is 20.6 Å². The molecule has 3 rings (SSSR count). The molecule has 5 nitrogen and oxygen atoms in total. The third-order valence-electron chi connectivity index (χ3n) is 3.16. The molecule has 2 aromatic rings. The summed E-state index contributed by atoms with van der Waals surface area (Å²) in [6.45, 7) is 2.14. The van der Waals surface area contributed by atoms with E-state index in [9.17, 15) is 4.39 Å². The van der Waals surface area contributed by atoms with Gasteiger partial charge in [0.2, 0.25) is 5.95 Å². The fraction of sp³-hybridized carbons (Fsp3) is 0.286.